The van der Waals surface area contributed by atoms with Crippen molar-refractivity contribution in [2.75, 3.05) is 32.7 Å². The fourth-order valence-corrected chi connectivity index (χ4v) is 1.51. The molecular formula is C13H18N2O4. The number of carbonyl (C=O) groups is 2. The molecule has 19 heavy (non-hydrogen) atoms. The van der Waals surface area contributed by atoms with Crippen LogP contribution in [0.3, 0.4) is 0 Å². The number of carbonyl (C=O) groups excluding carboxylic acids is 2. The molecule has 0 aliphatic rings. The Morgan fingerprint density at radius 2 is 2.00 bits per heavy atom. The fourth-order valence-electron chi connectivity index (χ4n) is 1.51. The first-order valence-corrected chi connectivity index (χ1v) is 5.81. The number of rotatable bonds is 6. The summed E-state index contributed by atoms with van der Waals surface area (Å²) in [5, 5.41) is 5.32. The Morgan fingerprint density at radius 1 is 1.26 bits per heavy atom. The van der Waals surface area contributed by atoms with Gasteiger partial charge in [0, 0.05) is 26.1 Å². The lowest BCUT2D eigenvalue weighted by Gasteiger charge is -2.11. The van der Waals surface area contributed by atoms with E-state index in [9.17, 15) is 9.59 Å². The number of nitrogens with one attached hydrogen (secondary N) is 2. The summed E-state index contributed by atoms with van der Waals surface area (Å²) >= 11 is 0. The number of hydrogen-bond acceptors (Lipinski definition) is 4. The Bertz CT molecular complexity index is 460. The molecule has 2 amide bonds. The fraction of sp³-hybridized carbons (Fsp3) is 0.385. The van der Waals surface area contributed by atoms with Crippen LogP contribution in [0.25, 0.3) is 0 Å². The highest BCUT2D eigenvalue weighted by molar-refractivity contribution is 5.97. The highest BCUT2D eigenvalue weighted by atomic mass is 16.5. The van der Waals surface area contributed by atoms with Crippen LogP contribution in [0.1, 0.15) is 17.3 Å². The van der Waals surface area contributed by atoms with E-state index in [4.69, 9.17) is 9.47 Å². The molecule has 0 aliphatic heterocycles. The van der Waals surface area contributed by atoms with Gasteiger partial charge in [-0.05, 0) is 18.2 Å². The zero-order chi connectivity index (χ0) is 14.3. The van der Waals surface area contributed by atoms with Crippen LogP contribution in [-0.2, 0) is 9.53 Å². The zero-order valence-corrected chi connectivity index (χ0v) is 11.3. The largest absolute Gasteiger partial charge is 0.495 e. The van der Waals surface area contributed by atoms with Gasteiger partial charge in [0.25, 0.3) is 5.91 Å². The summed E-state index contributed by atoms with van der Waals surface area (Å²) in [6.07, 6.45) is 0. The van der Waals surface area contributed by atoms with Gasteiger partial charge in [-0.2, -0.15) is 0 Å². The summed E-state index contributed by atoms with van der Waals surface area (Å²) in [6, 6.07) is 4.84. The molecule has 0 unspecified atom stereocenters. The predicted molar refractivity (Wildman–Crippen MR) is 71.5 cm³/mol. The Kier molecular flexibility index (Phi) is 5.81. The molecule has 1 aromatic carbocycles. The molecule has 0 saturated carbocycles. The van der Waals surface area contributed by atoms with Crippen LogP contribution in [-0.4, -0.2) is 39.2 Å². The third-order valence-corrected chi connectivity index (χ3v) is 2.36. The quantitative estimate of drug-likeness (QED) is 0.754. The lowest BCUT2D eigenvalue weighted by Crippen LogP contribution is -2.27. The Balaban J connectivity index is 2.84. The molecule has 0 heterocycles. The van der Waals surface area contributed by atoms with E-state index < -0.39 is 0 Å². The van der Waals surface area contributed by atoms with Crippen LogP contribution in [0, 0.1) is 0 Å². The van der Waals surface area contributed by atoms with E-state index in [0.717, 1.165) is 0 Å². The normalized spacial score (nSPS) is 9.84. The maximum absolute atomic E-state index is 11.8. The maximum atomic E-state index is 11.8. The molecular weight excluding hydrogens is 248 g/mol. The van der Waals surface area contributed by atoms with Gasteiger partial charge < -0.3 is 20.1 Å². The van der Waals surface area contributed by atoms with Crippen LogP contribution in [0.2, 0.25) is 0 Å². The first kappa shape index (κ1) is 15.0. The van der Waals surface area contributed by atoms with Gasteiger partial charge in [0.15, 0.2) is 0 Å². The first-order valence-electron chi connectivity index (χ1n) is 5.81. The molecule has 0 bridgehead atoms. The van der Waals surface area contributed by atoms with Gasteiger partial charge in [0.05, 0.1) is 19.4 Å². The maximum Gasteiger partial charge on any atom is 0.251 e. The van der Waals surface area contributed by atoms with Crippen LogP contribution < -0.4 is 15.4 Å². The third-order valence-electron chi connectivity index (χ3n) is 2.36. The molecule has 1 aromatic rings. The van der Waals surface area contributed by atoms with Gasteiger partial charge in [-0.3, -0.25) is 9.59 Å². The van der Waals surface area contributed by atoms with Crippen molar-refractivity contribution in [1.29, 1.82) is 0 Å². The average Bonchev–Trinajstić information content (AvgIpc) is 2.38. The van der Waals surface area contributed by atoms with Crippen LogP contribution >= 0.6 is 0 Å². The minimum atomic E-state index is -0.230. The Hall–Kier alpha value is -2.08. The van der Waals surface area contributed by atoms with E-state index in [2.05, 4.69) is 10.6 Å². The van der Waals surface area contributed by atoms with E-state index in [-0.39, 0.29) is 11.8 Å². The molecule has 0 aliphatic carbocycles. The first-order chi connectivity index (χ1) is 9.08. The lowest BCUT2D eigenvalue weighted by molar-refractivity contribution is -0.114. The lowest BCUT2D eigenvalue weighted by atomic mass is 10.1. The van der Waals surface area contributed by atoms with Crippen LogP contribution in [0.5, 0.6) is 5.75 Å². The second-order valence-electron chi connectivity index (χ2n) is 3.84. The molecule has 0 radical (unpaired) electrons. The summed E-state index contributed by atoms with van der Waals surface area (Å²) in [7, 11) is 3.06. The zero-order valence-electron chi connectivity index (χ0n) is 11.3. The second kappa shape index (κ2) is 7.38. The SMILES string of the molecule is COCCNC(=O)c1ccc(OC)c(NC(C)=O)c1. The number of hydrogen-bond donors (Lipinski definition) is 2. The van der Waals surface area contributed by atoms with E-state index in [1.54, 1.807) is 25.3 Å². The van der Waals surface area contributed by atoms with E-state index in [1.807, 2.05) is 0 Å². The van der Waals surface area contributed by atoms with Crippen molar-refractivity contribution in [3.05, 3.63) is 23.8 Å². The molecule has 6 heteroatoms. The topological polar surface area (TPSA) is 76.7 Å². The van der Waals surface area contributed by atoms with Crippen LogP contribution in [0.4, 0.5) is 5.69 Å². The number of benzene rings is 1. The molecule has 0 spiro atoms. The van der Waals surface area contributed by atoms with Gasteiger partial charge in [0.1, 0.15) is 5.75 Å². The monoisotopic (exact) mass is 266 g/mol. The second-order valence-corrected chi connectivity index (χ2v) is 3.84. The van der Waals surface area contributed by atoms with Gasteiger partial charge in [-0.1, -0.05) is 0 Å². The van der Waals surface area contributed by atoms with Crippen molar-refractivity contribution in [3.8, 4) is 5.75 Å². The molecule has 0 fully saturated rings. The van der Waals surface area contributed by atoms with Crippen molar-refractivity contribution in [2.24, 2.45) is 0 Å². The van der Waals surface area contributed by atoms with Gasteiger partial charge in [-0.15, -0.1) is 0 Å². The van der Waals surface area contributed by atoms with Gasteiger partial charge in [0.2, 0.25) is 5.91 Å². The number of amides is 2. The summed E-state index contributed by atoms with van der Waals surface area (Å²) in [4.78, 5) is 22.9. The molecule has 0 atom stereocenters. The summed E-state index contributed by atoms with van der Waals surface area (Å²) in [5.74, 6) is 0.0465. The van der Waals surface area contributed by atoms with Gasteiger partial charge >= 0.3 is 0 Å². The minimum Gasteiger partial charge on any atom is -0.495 e. The summed E-state index contributed by atoms with van der Waals surface area (Å²) < 4.78 is 9.96. The molecule has 2 N–H and O–H groups in total. The van der Waals surface area contributed by atoms with Gasteiger partial charge in [-0.25, -0.2) is 0 Å². The predicted octanol–water partition coefficient (Wildman–Crippen LogP) is 1.03. The van der Waals surface area contributed by atoms with Crippen molar-refractivity contribution < 1.29 is 19.1 Å². The van der Waals surface area contributed by atoms with E-state index in [1.165, 1.54) is 14.0 Å². The standard InChI is InChI=1S/C13H18N2O4/c1-9(16)15-11-8-10(4-5-12(11)19-3)13(17)14-6-7-18-2/h4-5,8H,6-7H2,1-3H3,(H,14,17)(H,15,16). The molecule has 6 nitrogen and oxygen atoms in total. The van der Waals surface area contributed by atoms with E-state index >= 15 is 0 Å². The smallest absolute Gasteiger partial charge is 0.251 e. The number of ether oxygens (including phenoxy) is 2. The third kappa shape index (κ3) is 4.59. The van der Waals surface area contributed by atoms with Crippen LogP contribution in [0.15, 0.2) is 18.2 Å². The number of anilines is 1. The highest BCUT2D eigenvalue weighted by Crippen LogP contribution is 2.25. The molecule has 1 rings (SSSR count). The highest BCUT2D eigenvalue weighted by Gasteiger charge is 2.10. The summed E-state index contributed by atoms with van der Waals surface area (Å²) in [5.41, 5.74) is 0.912. The Labute approximate surface area is 112 Å². The molecule has 104 valence electrons. The van der Waals surface area contributed by atoms with Crippen molar-refractivity contribution in [1.82, 2.24) is 5.32 Å². The Morgan fingerprint density at radius 3 is 2.58 bits per heavy atom. The number of methoxy groups -OCH3 is 2. The molecule has 0 saturated heterocycles. The average molecular weight is 266 g/mol. The van der Waals surface area contributed by atoms with Crippen molar-refractivity contribution >= 4 is 17.5 Å². The molecule has 0 aromatic heterocycles. The minimum absolute atomic E-state index is 0.227. The summed E-state index contributed by atoms with van der Waals surface area (Å²) in [6.45, 7) is 2.27. The van der Waals surface area contributed by atoms with Crippen molar-refractivity contribution in [3.63, 3.8) is 0 Å². The van der Waals surface area contributed by atoms with E-state index in [0.29, 0.717) is 30.2 Å². The van der Waals surface area contributed by atoms with Crippen molar-refractivity contribution in [2.45, 2.75) is 6.92 Å².